The minimum atomic E-state index is -0.344. The van der Waals surface area contributed by atoms with E-state index in [2.05, 4.69) is 11.5 Å². The van der Waals surface area contributed by atoms with Crippen molar-refractivity contribution in [2.75, 3.05) is 7.05 Å². The van der Waals surface area contributed by atoms with Gasteiger partial charge in [-0.25, -0.2) is 0 Å². The van der Waals surface area contributed by atoms with Crippen molar-refractivity contribution < 1.29 is 4.79 Å². The molecule has 1 aromatic carbocycles. The van der Waals surface area contributed by atoms with E-state index in [1.54, 1.807) is 31.3 Å². The summed E-state index contributed by atoms with van der Waals surface area (Å²) in [4.78, 5) is 14.2. The molecule has 2 rings (SSSR count). The first kappa shape index (κ1) is 21.1. The van der Waals surface area contributed by atoms with Crippen LogP contribution in [0.4, 0.5) is 0 Å². The molecule has 0 radical (unpaired) electrons. The Bertz CT molecular complexity index is 922. The van der Waals surface area contributed by atoms with Gasteiger partial charge < -0.3 is 9.47 Å². The minimum absolute atomic E-state index is 0.0966. The topological polar surface area (TPSA) is 49.0 Å². The molecule has 0 bridgehead atoms. The highest BCUT2D eigenvalue weighted by atomic mass is 35.5. The molecule has 0 fully saturated rings. The Morgan fingerprint density at radius 2 is 2.00 bits per heavy atom. The van der Waals surface area contributed by atoms with Gasteiger partial charge in [0.05, 0.1) is 0 Å². The molecule has 2 aromatic rings. The second-order valence-electron chi connectivity index (χ2n) is 6.54. The van der Waals surface area contributed by atoms with Crippen LogP contribution in [0, 0.1) is 25.2 Å². The number of halogens is 2. The van der Waals surface area contributed by atoms with Crippen LogP contribution in [0.3, 0.4) is 0 Å². The summed E-state index contributed by atoms with van der Waals surface area (Å²) in [7, 11) is 1.65. The molecule has 0 saturated heterocycles. The maximum absolute atomic E-state index is 12.7. The van der Waals surface area contributed by atoms with Crippen molar-refractivity contribution in [2.45, 2.75) is 40.3 Å². The zero-order valence-electron chi connectivity index (χ0n) is 16.0. The molecule has 142 valence electrons. The Kier molecular flexibility index (Phi) is 7.12. The van der Waals surface area contributed by atoms with E-state index in [-0.39, 0.29) is 11.5 Å². The largest absolute Gasteiger partial charge is 0.349 e. The van der Waals surface area contributed by atoms with Gasteiger partial charge in [0.1, 0.15) is 11.6 Å². The lowest BCUT2D eigenvalue weighted by Gasteiger charge is -2.17. The Balaban J connectivity index is 2.26. The summed E-state index contributed by atoms with van der Waals surface area (Å²) in [6.07, 6.45) is 2.69. The Labute approximate surface area is 170 Å². The number of carbonyl (C=O) groups is 1. The Hall–Kier alpha value is -2.22. The first-order valence-corrected chi connectivity index (χ1v) is 9.52. The van der Waals surface area contributed by atoms with Crippen LogP contribution in [0.25, 0.3) is 6.08 Å². The van der Waals surface area contributed by atoms with Crippen molar-refractivity contribution in [3.63, 3.8) is 0 Å². The average molecular weight is 404 g/mol. The number of amides is 1. The Morgan fingerprint density at radius 1 is 1.30 bits per heavy atom. The van der Waals surface area contributed by atoms with E-state index in [0.29, 0.717) is 16.6 Å². The van der Waals surface area contributed by atoms with Crippen LogP contribution in [0.5, 0.6) is 0 Å². The highest BCUT2D eigenvalue weighted by Gasteiger charge is 2.17. The molecule has 1 aromatic heterocycles. The second-order valence-corrected chi connectivity index (χ2v) is 7.39. The van der Waals surface area contributed by atoms with E-state index >= 15 is 0 Å². The minimum Gasteiger partial charge on any atom is -0.349 e. The third-order valence-electron chi connectivity index (χ3n) is 4.48. The van der Waals surface area contributed by atoms with Gasteiger partial charge in [0.2, 0.25) is 0 Å². The van der Waals surface area contributed by atoms with E-state index in [1.807, 2.05) is 26.0 Å². The quantitative estimate of drug-likeness (QED) is 0.479. The molecule has 0 saturated carbocycles. The van der Waals surface area contributed by atoms with Crippen LogP contribution in [0.1, 0.15) is 35.9 Å². The molecule has 0 aliphatic rings. The van der Waals surface area contributed by atoms with Crippen LogP contribution < -0.4 is 0 Å². The third-order valence-corrected chi connectivity index (χ3v) is 5.07. The number of likely N-dealkylation sites (N-methyl/N-ethyl adjacent to an activating group) is 1. The van der Waals surface area contributed by atoms with Crippen LogP contribution in [0.15, 0.2) is 29.8 Å². The van der Waals surface area contributed by atoms with E-state index < -0.39 is 0 Å². The van der Waals surface area contributed by atoms with Crippen molar-refractivity contribution in [1.82, 2.24) is 9.47 Å². The number of hydrogen-bond acceptors (Lipinski definition) is 2. The molecule has 0 aliphatic carbocycles. The molecule has 6 heteroatoms. The summed E-state index contributed by atoms with van der Waals surface area (Å²) in [5.74, 6) is -0.344. The summed E-state index contributed by atoms with van der Waals surface area (Å²) in [6, 6.07) is 9.19. The number of rotatable bonds is 6. The molecule has 1 amide bonds. The van der Waals surface area contributed by atoms with Crippen LogP contribution >= 0.6 is 23.2 Å². The van der Waals surface area contributed by atoms with Gasteiger partial charge in [-0.15, -0.1) is 0 Å². The van der Waals surface area contributed by atoms with Crippen LogP contribution in [-0.2, 0) is 17.9 Å². The summed E-state index contributed by atoms with van der Waals surface area (Å²) in [6.45, 7) is 7.36. The zero-order valence-corrected chi connectivity index (χ0v) is 17.5. The molecule has 0 aliphatic heterocycles. The second kappa shape index (κ2) is 9.12. The summed E-state index contributed by atoms with van der Waals surface area (Å²) < 4.78 is 2.20. The van der Waals surface area contributed by atoms with Crippen molar-refractivity contribution in [3.05, 3.63) is 62.4 Å². The molecule has 0 atom stereocenters. The van der Waals surface area contributed by atoms with Crippen molar-refractivity contribution >= 4 is 35.2 Å². The molecule has 1 heterocycles. The maximum atomic E-state index is 12.7. The fourth-order valence-corrected chi connectivity index (χ4v) is 3.49. The van der Waals surface area contributed by atoms with Gasteiger partial charge in [-0.1, -0.05) is 36.2 Å². The van der Waals surface area contributed by atoms with Crippen molar-refractivity contribution in [2.24, 2.45) is 0 Å². The summed E-state index contributed by atoms with van der Waals surface area (Å²) in [5.41, 5.74) is 3.93. The van der Waals surface area contributed by atoms with Gasteiger partial charge >= 0.3 is 0 Å². The molecule has 4 nitrogen and oxygen atoms in total. The number of carbonyl (C=O) groups excluding carboxylic acids is 1. The molecule has 0 spiro atoms. The highest BCUT2D eigenvalue weighted by Crippen LogP contribution is 2.23. The first-order chi connectivity index (χ1) is 12.8. The lowest BCUT2D eigenvalue weighted by atomic mass is 10.1. The SMILES string of the molecule is CCCn1c(C)cc(C=C(C#N)C(=O)N(C)Cc2ccc(Cl)cc2Cl)c1C. The normalized spacial score (nSPS) is 11.4. The molecular formula is C21H23Cl2N3O. The smallest absolute Gasteiger partial charge is 0.264 e. The van der Waals surface area contributed by atoms with E-state index in [4.69, 9.17) is 23.2 Å². The van der Waals surface area contributed by atoms with Crippen LogP contribution in [-0.4, -0.2) is 22.4 Å². The van der Waals surface area contributed by atoms with Crippen molar-refractivity contribution in [3.8, 4) is 6.07 Å². The number of hydrogen-bond donors (Lipinski definition) is 0. The predicted molar refractivity (Wildman–Crippen MR) is 111 cm³/mol. The summed E-state index contributed by atoms with van der Waals surface area (Å²) in [5, 5.41) is 10.6. The standard InChI is InChI=1S/C21H23Cl2N3O/c1-5-8-26-14(2)9-17(15(26)3)10-18(12-24)21(27)25(4)13-16-6-7-19(22)11-20(16)23/h6-7,9-11H,5,8,13H2,1-4H3. The van der Waals surface area contributed by atoms with Crippen molar-refractivity contribution in [1.29, 1.82) is 5.26 Å². The monoisotopic (exact) mass is 403 g/mol. The lowest BCUT2D eigenvalue weighted by molar-refractivity contribution is -0.125. The third kappa shape index (κ3) is 4.94. The van der Waals surface area contributed by atoms with Gasteiger partial charge in [0, 0.05) is 41.6 Å². The fourth-order valence-electron chi connectivity index (χ4n) is 3.02. The van der Waals surface area contributed by atoms with E-state index in [0.717, 1.165) is 35.5 Å². The molecule has 0 N–H and O–H groups in total. The number of aryl methyl sites for hydroxylation is 1. The van der Waals surface area contributed by atoms with E-state index in [1.165, 1.54) is 4.90 Å². The average Bonchev–Trinajstić information content (AvgIpc) is 2.89. The van der Waals surface area contributed by atoms with Gasteiger partial charge in [-0.2, -0.15) is 5.26 Å². The molecule has 0 unspecified atom stereocenters. The lowest BCUT2D eigenvalue weighted by Crippen LogP contribution is -2.27. The highest BCUT2D eigenvalue weighted by molar-refractivity contribution is 6.35. The van der Waals surface area contributed by atoms with Gasteiger partial charge in [-0.05, 0) is 55.7 Å². The number of nitriles is 1. The Morgan fingerprint density at radius 3 is 2.59 bits per heavy atom. The zero-order chi connectivity index (χ0) is 20.1. The van der Waals surface area contributed by atoms with E-state index in [9.17, 15) is 10.1 Å². The predicted octanol–water partition coefficient (Wildman–Crippen LogP) is 5.39. The van der Waals surface area contributed by atoms with Gasteiger partial charge in [0.25, 0.3) is 5.91 Å². The summed E-state index contributed by atoms with van der Waals surface area (Å²) >= 11 is 12.1. The molecule has 27 heavy (non-hydrogen) atoms. The number of nitrogens with zero attached hydrogens (tertiary/aromatic N) is 3. The van der Waals surface area contributed by atoms with Gasteiger partial charge in [-0.3, -0.25) is 4.79 Å². The maximum Gasteiger partial charge on any atom is 0.264 e. The van der Waals surface area contributed by atoms with Gasteiger partial charge in [0.15, 0.2) is 0 Å². The number of aromatic nitrogens is 1. The first-order valence-electron chi connectivity index (χ1n) is 8.76. The fraction of sp³-hybridized carbons (Fsp3) is 0.333. The molecular weight excluding hydrogens is 381 g/mol. The number of benzene rings is 1. The van der Waals surface area contributed by atoms with Crippen LogP contribution in [0.2, 0.25) is 10.0 Å².